The maximum atomic E-state index is 11.6. The Hall–Kier alpha value is -0.640. The first-order chi connectivity index (χ1) is 5.66. The topological polar surface area (TPSA) is 41.1 Å². The van der Waals surface area contributed by atoms with E-state index in [0.29, 0.717) is 19.5 Å². The lowest BCUT2D eigenvalue weighted by Crippen LogP contribution is -2.32. The Kier molecular flexibility index (Phi) is 6.66. The van der Waals surface area contributed by atoms with E-state index in [4.69, 9.17) is 0 Å². The number of hydrogen-bond donors (Lipinski definition) is 2. The number of rotatable bonds is 6. The van der Waals surface area contributed by atoms with Crippen LogP contribution >= 0.6 is 0 Å². The van der Waals surface area contributed by atoms with Crippen LogP contribution in [0.3, 0.4) is 0 Å². The molecular weight excluding hydrogens is 159 g/mol. The van der Waals surface area contributed by atoms with Gasteiger partial charge in [-0.1, -0.05) is 0 Å². The van der Waals surface area contributed by atoms with E-state index in [2.05, 4.69) is 10.6 Å². The SMILES string of the molecule is CC(C)NC(=O)CCNCCF. The van der Waals surface area contributed by atoms with Crippen molar-refractivity contribution in [1.29, 1.82) is 0 Å². The molecule has 0 aliphatic rings. The van der Waals surface area contributed by atoms with Crippen molar-refractivity contribution in [2.75, 3.05) is 19.8 Å². The van der Waals surface area contributed by atoms with Gasteiger partial charge in [0.25, 0.3) is 0 Å². The molecule has 72 valence electrons. The van der Waals surface area contributed by atoms with Crippen LogP contribution in [0.25, 0.3) is 0 Å². The van der Waals surface area contributed by atoms with E-state index in [9.17, 15) is 9.18 Å². The Labute approximate surface area is 72.7 Å². The average molecular weight is 176 g/mol. The van der Waals surface area contributed by atoms with E-state index in [0.717, 1.165) is 0 Å². The molecule has 3 nitrogen and oxygen atoms in total. The smallest absolute Gasteiger partial charge is 0.221 e. The molecule has 0 spiro atoms. The highest BCUT2D eigenvalue weighted by Crippen LogP contribution is 1.81. The van der Waals surface area contributed by atoms with Crippen LogP contribution in [0, 0.1) is 0 Å². The first kappa shape index (κ1) is 11.4. The quantitative estimate of drug-likeness (QED) is 0.577. The summed E-state index contributed by atoms with van der Waals surface area (Å²) in [5.74, 6) is 0.0105. The first-order valence-electron chi connectivity index (χ1n) is 4.23. The van der Waals surface area contributed by atoms with Gasteiger partial charge in [0.1, 0.15) is 6.67 Å². The van der Waals surface area contributed by atoms with Gasteiger partial charge in [-0.25, -0.2) is 4.39 Å². The van der Waals surface area contributed by atoms with Crippen molar-refractivity contribution < 1.29 is 9.18 Å². The normalized spacial score (nSPS) is 10.3. The minimum absolute atomic E-state index is 0.0105. The monoisotopic (exact) mass is 176 g/mol. The summed E-state index contributed by atoms with van der Waals surface area (Å²) in [4.78, 5) is 11.0. The molecule has 0 atom stereocenters. The highest BCUT2D eigenvalue weighted by molar-refractivity contribution is 5.76. The number of carbonyl (C=O) groups is 1. The van der Waals surface area contributed by atoms with E-state index in [-0.39, 0.29) is 18.6 Å². The Morgan fingerprint density at radius 2 is 2.08 bits per heavy atom. The van der Waals surface area contributed by atoms with Crippen molar-refractivity contribution >= 4 is 5.91 Å². The molecule has 0 aliphatic heterocycles. The van der Waals surface area contributed by atoms with E-state index in [1.165, 1.54) is 0 Å². The van der Waals surface area contributed by atoms with E-state index >= 15 is 0 Å². The Morgan fingerprint density at radius 3 is 2.58 bits per heavy atom. The molecule has 0 aromatic rings. The summed E-state index contributed by atoms with van der Waals surface area (Å²) >= 11 is 0. The molecule has 0 aromatic heterocycles. The van der Waals surface area contributed by atoms with Gasteiger partial charge in [0.2, 0.25) is 5.91 Å². The van der Waals surface area contributed by atoms with Gasteiger partial charge < -0.3 is 10.6 Å². The number of carbonyl (C=O) groups excluding carboxylic acids is 1. The molecule has 1 amide bonds. The van der Waals surface area contributed by atoms with Crippen LogP contribution in [-0.2, 0) is 4.79 Å². The predicted molar refractivity (Wildman–Crippen MR) is 46.7 cm³/mol. The van der Waals surface area contributed by atoms with Crippen molar-refractivity contribution in [3.05, 3.63) is 0 Å². The summed E-state index contributed by atoms with van der Waals surface area (Å²) in [5.41, 5.74) is 0. The second-order valence-electron chi connectivity index (χ2n) is 2.91. The number of hydrogen-bond acceptors (Lipinski definition) is 2. The molecule has 0 aliphatic carbocycles. The molecule has 0 heterocycles. The summed E-state index contributed by atoms with van der Waals surface area (Å²) in [5, 5.41) is 5.55. The number of nitrogens with one attached hydrogen (secondary N) is 2. The second-order valence-corrected chi connectivity index (χ2v) is 2.91. The zero-order valence-corrected chi connectivity index (χ0v) is 7.69. The second kappa shape index (κ2) is 7.03. The predicted octanol–water partition coefficient (Wildman–Crippen LogP) is 0.460. The van der Waals surface area contributed by atoms with Crippen LogP contribution in [0.1, 0.15) is 20.3 Å². The summed E-state index contributed by atoms with van der Waals surface area (Å²) in [7, 11) is 0. The average Bonchev–Trinajstić information content (AvgIpc) is 1.97. The van der Waals surface area contributed by atoms with E-state index in [1.54, 1.807) is 0 Å². The van der Waals surface area contributed by atoms with Gasteiger partial charge in [-0.05, 0) is 13.8 Å². The zero-order valence-electron chi connectivity index (χ0n) is 7.69. The molecule has 0 bridgehead atoms. The molecule has 0 rings (SSSR count). The van der Waals surface area contributed by atoms with Crippen molar-refractivity contribution in [1.82, 2.24) is 10.6 Å². The summed E-state index contributed by atoms with van der Waals surface area (Å²) in [6, 6.07) is 0.179. The Bertz CT molecular complexity index is 128. The highest BCUT2D eigenvalue weighted by atomic mass is 19.1. The maximum Gasteiger partial charge on any atom is 0.221 e. The van der Waals surface area contributed by atoms with Gasteiger partial charge in [0.15, 0.2) is 0 Å². The molecule has 2 N–H and O–H groups in total. The fraction of sp³-hybridized carbons (Fsp3) is 0.875. The fourth-order valence-electron chi connectivity index (χ4n) is 0.788. The lowest BCUT2D eigenvalue weighted by atomic mass is 10.3. The fourth-order valence-corrected chi connectivity index (χ4v) is 0.788. The minimum atomic E-state index is -0.383. The maximum absolute atomic E-state index is 11.6. The van der Waals surface area contributed by atoms with Crippen LogP contribution in [0.15, 0.2) is 0 Å². The Balaban J connectivity index is 3.20. The third kappa shape index (κ3) is 7.47. The molecular formula is C8H17FN2O. The van der Waals surface area contributed by atoms with E-state index < -0.39 is 0 Å². The van der Waals surface area contributed by atoms with Crippen LogP contribution in [0.2, 0.25) is 0 Å². The molecule has 0 aromatic carbocycles. The highest BCUT2D eigenvalue weighted by Gasteiger charge is 2.01. The lowest BCUT2D eigenvalue weighted by Gasteiger charge is -2.07. The molecule has 0 saturated heterocycles. The van der Waals surface area contributed by atoms with Crippen molar-refractivity contribution in [2.45, 2.75) is 26.3 Å². The van der Waals surface area contributed by atoms with Crippen molar-refractivity contribution in [3.63, 3.8) is 0 Å². The molecule has 4 heteroatoms. The van der Waals surface area contributed by atoms with Crippen LogP contribution in [0.5, 0.6) is 0 Å². The van der Waals surface area contributed by atoms with Gasteiger partial charge in [-0.2, -0.15) is 0 Å². The van der Waals surface area contributed by atoms with Gasteiger partial charge in [0, 0.05) is 25.6 Å². The summed E-state index contributed by atoms with van der Waals surface area (Å²) < 4.78 is 11.6. The summed E-state index contributed by atoms with van der Waals surface area (Å²) in [6.07, 6.45) is 0.415. The van der Waals surface area contributed by atoms with E-state index in [1.807, 2.05) is 13.8 Å². The van der Waals surface area contributed by atoms with Crippen molar-refractivity contribution in [3.8, 4) is 0 Å². The van der Waals surface area contributed by atoms with Crippen LogP contribution < -0.4 is 10.6 Å². The standard InChI is InChI=1S/C8H17FN2O/c1-7(2)11-8(12)3-5-10-6-4-9/h7,10H,3-6H2,1-2H3,(H,11,12). The van der Waals surface area contributed by atoms with Gasteiger partial charge in [-0.15, -0.1) is 0 Å². The third-order valence-electron chi connectivity index (χ3n) is 1.25. The zero-order chi connectivity index (χ0) is 9.40. The van der Waals surface area contributed by atoms with Crippen molar-refractivity contribution in [2.24, 2.45) is 0 Å². The molecule has 0 unspecified atom stereocenters. The summed E-state index contributed by atoms with van der Waals surface area (Å²) in [6.45, 7) is 4.31. The van der Waals surface area contributed by atoms with Gasteiger partial charge in [-0.3, -0.25) is 4.79 Å². The molecule has 12 heavy (non-hydrogen) atoms. The minimum Gasteiger partial charge on any atom is -0.354 e. The molecule has 0 radical (unpaired) electrons. The molecule has 0 saturated carbocycles. The number of alkyl halides is 1. The van der Waals surface area contributed by atoms with Crippen LogP contribution in [-0.4, -0.2) is 31.7 Å². The lowest BCUT2D eigenvalue weighted by molar-refractivity contribution is -0.121. The largest absolute Gasteiger partial charge is 0.354 e. The molecule has 0 fully saturated rings. The van der Waals surface area contributed by atoms with Gasteiger partial charge in [0.05, 0.1) is 0 Å². The third-order valence-corrected chi connectivity index (χ3v) is 1.25. The van der Waals surface area contributed by atoms with Gasteiger partial charge >= 0.3 is 0 Å². The first-order valence-corrected chi connectivity index (χ1v) is 4.23. The van der Waals surface area contributed by atoms with Crippen LogP contribution in [0.4, 0.5) is 4.39 Å². The number of halogens is 1. The number of amides is 1. The Morgan fingerprint density at radius 1 is 1.42 bits per heavy atom.